The van der Waals surface area contributed by atoms with Gasteiger partial charge in [-0.25, -0.2) is 9.78 Å². The maximum absolute atomic E-state index is 13.5. The Hall–Kier alpha value is -4.55. The zero-order valence-electron chi connectivity index (χ0n) is 26.3. The minimum atomic E-state index is -1.02. The Morgan fingerprint density at radius 3 is 2.19 bits per heavy atom. The summed E-state index contributed by atoms with van der Waals surface area (Å²) >= 11 is 0. The molecule has 1 unspecified atom stereocenters. The lowest BCUT2D eigenvalue weighted by Crippen LogP contribution is -2.47. The summed E-state index contributed by atoms with van der Waals surface area (Å²) in [4.78, 5) is 56.6. The van der Waals surface area contributed by atoms with Crippen LogP contribution in [0.4, 0.5) is 10.5 Å². The molecule has 0 bridgehead atoms. The standard InChI is InChI=1S/C30H40N6O7/c1-16(2)21(23(38)24-34-35-27(43-24)30(7,8)18-11-13-19(41-9)14-12-18)32-20(37)15-36-25(39)22(33-28(40)42-10)17(3)31-26(36)29(4,5)6/h11-14,16,21H,15H2,1-10H3,(H,32,37)(H,33,40). The number of benzene rings is 1. The first-order chi connectivity index (χ1) is 20.0. The molecule has 2 heterocycles. The van der Waals surface area contributed by atoms with E-state index in [0.717, 1.165) is 5.56 Å². The third-order valence-corrected chi connectivity index (χ3v) is 6.98. The van der Waals surface area contributed by atoms with Crippen LogP contribution in [0.2, 0.25) is 0 Å². The minimum absolute atomic E-state index is 0.109. The first-order valence-electron chi connectivity index (χ1n) is 13.8. The van der Waals surface area contributed by atoms with Crippen molar-refractivity contribution >= 4 is 23.5 Å². The summed E-state index contributed by atoms with van der Waals surface area (Å²) in [7, 11) is 2.75. The number of carbonyl (C=O) groups excluding carboxylic acids is 3. The Kier molecular flexibility index (Phi) is 9.78. The van der Waals surface area contributed by atoms with Crippen molar-refractivity contribution in [2.45, 2.75) is 78.8 Å². The van der Waals surface area contributed by atoms with Gasteiger partial charge in [0, 0.05) is 5.41 Å². The van der Waals surface area contributed by atoms with Gasteiger partial charge in [-0.15, -0.1) is 10.2 Å². The number of carbonyl (C=O) groups is 3. The number of methoxy groups -OCH3 is 2. The van der Waals surface area contributed by atoms with Crippen LogP contribution in [-0.4, -0.2) is 57.8 Å². The number of hydrogen-bond donors (Lipinski definition) is 2. The summed E-state index contributed by atoms with van der Waals surface area (Å²) in [6, 6.07) is 6.37. The zero-order chi connectivity index (χ0) is 32.3. The second-order valence-corrected chi connectivity index (χ2v) is 12.1. The van der Waals surface area contributed by atoms with E-state index in [2.05, 4.69) is 30.6 Å². The first kappa shape index (κ1) is 33.0. The van der Waals surface area contributed by atoms with Crippen molar-refractivity contribution in [3.05, 3.63) is 63.5 Å². The first-order valence-corrected chi connectivity index (χ1v) is 13.8. The van der Waals surface area contributed by atoms with Crippen LogP contribution in [0.15, 0.2) is 33.5 Å². The molecule has 0 saturated carbocycles. The van der Waals surface area contributed by atoms with Gasteiger partial charge in [-0.05, 0) is 44.4 Å². The summed E-state index contributed by atoms with van der Waals surface area (Å²) in [5.41, 5.74) is -0.935. The molecule has 1 aromatic carbocycles. The molecule has 232 valence electrons. The summed E-state index contributed by atoms with van der Waals surface area (Å²) in [6.45, 7) is 14.0. The molecule has 13 nitrogen and oxygen atoms in total. The van der Waals surface area contributed by atoms with Crippen molar-refractivity contribution in [2.24, 2.45) is 5.92 Å². The third kappa shape index (κ3) is 7.27. The number of aromatic nitrogens is 4. The monoisotopic (exact) mass is 596 g/mol. The van der Waals surface area contributed by atoms with Gasteiger partial charge in [-0.2, -0.15) is 0 Å². The fourth-order valence-electron chi connectivity index (χ4n) is 4.41. The smallest absolute Gasteiger partial charge is 0.411 e. The number of ketones is 1. The molecule has 0 saturated heterocycles. The molecule has 1 atom stereocenters. The van der Waals surface area contributed by atoms with Gasteiger partial charge in [0.05, 0.1) is 31.4 Å². The number of aryl methyl sites for hydroxylation is 1. The van der Waals surface area contributed by atoms with Gasteiger partial charge in [0.2, 0.25) is 17.6 Å². The molecule has 3 aromatic rings. The van der Waals surface area contributed by atoms with Gasteiger partial charge in [-0.1, -0.05) is 46.8 Å². The van der Waals surface area contributed by atoms with Crippen molar-refractivity contribution in [3.63, 3.8) is 0 Å². The molecule has 2 aromatic heterocycles. The van der Waals surface area contributed by atoms with Crippen LogP contribution in [0.25, 0.3) is 0 Å². The Balaban J connectivity index is 1.89. The summed E-state index contributed by atoms with van der Waals surface area (Å²) in [5.74, 6) is -0.523. The maximum Gasteiger partial charge on any atom is 0.411 e. The van der Waals surface area contributed by atoms with Crippen LogP contribution >= 0.6 is 0 Å². The predicted molar refractivity (Wildman–Crippen MR) is 158 cm³/mol. The Labute approximate surface area is 250 Å². The number of amides is 2. The number of nitrogens with one attached hydrogen (secondary N) is 2. The summed E-state index contributed by atoms with van der Waals surface area (Å²) in [6.07, 6.45) is -0.846. The molecule has 0 aliphatic rings. The fraction of sp³-hybridized carbons (Fsp3) is 0.500. The van der Waals surface area contributed by atoms with E-state index in [9.17, 15) is 19.2 Å². The average molecular weight is 597 g/mol. The highest BCUT2D eigenvalue weighted by Gasteiger charge is 2.35. The van der Waals surface area contributed by atoms with Crippen LogP contribution in [-0.2, 0) is 26.9 Å². The van der Waals surface area contributed by atoms with E-state index < -0.39 is 46.8 Å². The SMILES string of the molecule is COC(=O)Nc1c(C)nc(C(C)(C)C)n(CC(=O)NC(C(=O)c2nnc(C(C)(C)c3ccc(OC)cc3)o2)C(C)C)c1=O. The molecule has 0 radical (unpaired) electrons. The highest BCUT2D eigenvalue weighted by Crippen LogP contribution is 2.32. The summed E-state index contributed by atoms with van der Waals surface area (Å²) < 4.78 is 16.9. The molecule has 2 amide bonds. The normalized spacial score (nSPS) is 12.5. The molecule has 43 heavy (non-hydrogen) atoms. The molecular formula is C30H40N6O7. The van der Waals surface area contributed by atoms with Gasteiger partial charge in [0.25, 0.3) is 11.4 Å². The van der Waals surface area contributed by atoms with E-state index in [0.29, 0.717) is 11.6 Å². The van der Waals surface area contributed by atoms with Crippen molar-refractivity contribution in [2.75, 3.05) is 19.5 Å². The molecule has 3 rings (SSSR count). The van der Waals surface area contributed by atoms with E-state index >= 15 is 0 Å². The van der Waals surface area contributed by atoms with Crippen LogP contribution < -0.4 is 20.9 Å². The molecular weight excluding hydrogens is 556 g/mol. The molecule has 13 heteroatoms. The van der Waals surface area contributed by atoms with Gasteiger partial charge in [0.15, 0.2) is 0 Å². The van der Waals surface area contributed by atoms with E-state index in [4.69, 9.17) is 9.15 Å². The van der Waals surface area contributed by atoms with Crippen molar-refractivity contribution in [3.8, 4) is 5.75 Å². The number of Topliss-reactive ketones (excluding diaryl/α,β-unsaturated/α-hetero) is 1. The Morgan fingerprint density at radius 2 is 1.65 bits per heavy atom. The Morgan fingerprint density at radius 1 is 1.02 bits per heavy atom. The third-order valence-electron chi connectivity index (χ3n) is 6.98. The van der Waals surface area contributed by atoms with E-state index in [1.165, 1.54) is 11.7 Å². The predicted octanol–water partition coefficient (Wildman–Crippen LogP) is 3.77. The van der Waals surface area contributed by atoms with Crippen LogP contribution in [0.3, 0.4) is 0 Å². The molecule has 0 fully saturated rings. The fourth-order valence-corrected chi connectivity index (χ4v) is 4.41. The lowest BCUT2D eigenvalue weighted by atomic mass is 9.84. The van der Waals surface area contributed by atoms with Crippen LogP contribution in [0.5, 0.6) is 5.75 Å². The number of rotatable bonds is 10. The lowest BCUT2D eigenvalue weighted by Gasteiger charge is -2.25. The van der Waals surface area contributed by atoms with Crippen molar-refractivity contribution < 1.29 is 28.3 Å². The highest BCUT2D eigenvalue weighted by molar-refractivity contribution is 5.98. The quantitative estimate of drug-likeness (QED) is 0.329. The van der Waals surface area contributed by atoms with E-state index in [1.54, 1.807) is 27.9 Å². The minimum Gasteiger partial charge on any atom is -0.497 e. The maximum atomic E-state index is 13.5. The zero-order valence-corrected chi connectivity index (χ0v) is 26.3. The van der Waals surface area contributed by atoms with Crippen molar-refractivity contribution in [1.29, 1.82) is 0 Å². The molecule has 2 N–H and O–H groups in total. The second kappa shape index (κ2) is 12.8. The topological polar surface area (TPSA) is 168 Å². The van der Waals surface area contributed by atoms with E-state index in [1.807, 2.05) is 58.9 Å². The molecule has 0 aliphatic heterocycles. The molecule has 0 spiro atoms. The highest BCUT2D eigenvalue weighted by atomic mass is 16.5. The number of hydrogen-bond acceptors (Lipinski definition) is 10. The van der Waals surface area contributed by atoms with Gasteiger partial charge in [0.1, 0.15) is 23.8 Å². The largest absolute Gasteiger partial charge is 0.497 e. The summed E-state index contributed by atoms with van der Waals surface area (Å²) in [5, 5.41) is 13.2. The number of anilines is 1. The van der Waals surface area contributed by atoms with Crippen molar-refractivity contribution in [1.82, 2.24) is 25.1 Å². The van der Waals surface area contributed by atoms with Gasteiger partial charge < -0.3 is 19.2 Å². The molecule has 0 aliphatic carbocycles. The number of ether oxygens (including phenoxy) is 2. The average Bonchev–Trinajstić information content (AvgIpc) is 3.45. The number of nitrogens with zero attached hydrogens (tertiary/aromatic N) is 4. The van der Waals surface area contributed by atoms with E-state index in [-0.39, 0.29) is 29.1 Å². The lowest BCUT2D eigenvalue weighted by molar-refractivity contribution is -0.122. The second-order valence-electron chi connectivity index (χ2n) is 12.1. The Bertz CT molecular complexity index is 1550. The van der Waals surface area contributed by atoms with Gasteiger partial charge in [-0.3, -0.25) is 24.3 Å². The van der Waals surface area contributed by atoms with Gasteiger partial charge >= 0.3 is 6.09 Å². The van der Waals surface area contributed by atoms with Crippen LogP contribution in [0.1, 0.15) is 82.1 Å². The van der Waals surface area contributed by atoms with Crippen LogP contribution in [0, 0.1) is 12.8 Å².